The summed E-state index contributed by atoms with van der Waals surface area (Å²) in [5.74, 6) is -0.0239. The summed E-state index contributed by atoms with van der Waals surface area (Å²) in [4.78, 5) is 13.6. The van der Waals surface area contributed by atoms with Gasteiger partial charge in [-0.15, -0.1) is 0 Å². The van der Waals surface area contributed by atoms with Crippen molar-refractivity contribution in [2.75, 3.05) is 12.4 Å². The minimum absolute atomic E-state index is 0.0239. The topological polar surface area (TPSA) is 32.3 Å². The summed E-state index contributed by atoms with van der Waals surface area (Å²) in [6.45, 7) is 2.40. The van der Waals surface area contributed by atoms with Crippen molar-refractivity contribution >= 4 is 11.6 Å². The SMILES string of the molecule is CC(=O)Nc1cccc2c1CN(C)C2c1ccccc1. The molecule has 0 bridgehead atoms. The number of benzene rings is 2. The lowest BCUT2D eigenvalue weighted by Gasteiger charge is -2.20. The van der Waals surface area contributed by atoms with E-state index >= 15 is 0 Å². The van der Waals surface area contributed by atoms with Gasteiger partial charge in [0.15, 0.2) is 0 Å². The van der Waals surface area contributed by atoms with Crippen molar-refractivity contribution < 1.29 is 4.79 Å². The number of anilines is 1. The minimum Gasteiger partial charge on any atom is -0.326 e. The van der Waals surface area contributed by atoms with E-state index in [0.717, 1.165) is 12.2 Å². The first-order valence-electron chi connectivity index (χ1n) is 6.81. The Bertz CT molecular complexity index is 637. The Balaban J connectivity index is 2.05. The van der Waals surface area contributed by atoms with E-state index in [9.17, 15) is 4.79 Å². The van der Waals surface area contributed by atoms with Crippen LogP contribution >= 0.6 is 0 Å². The number of nitrogens with zero attached hydrogens (tertiary/aromatic N) is 1. The van der Waals surface area contributed by atoms with E-state index in [1.165, 1.54) is 16.7 Å². The molecule has 102 valence electrons. The summed E-state index contributed by atoms with van der Waals surface area (Å²) in [7, 11) is 2.12. The van der Waals surface area contributed by atoms with Gasteiger partial charge in [-0.2, -0.15) is 0 Å². The molecular formula is C17H18N2O. The highest BCUT2D eigenvalue weighted by Crippen LogP contribution is 2.40. The molecule has 1 atom stereocenters. The van der Waals surface area contributed by atoms with E-state index < -0.39 is 0 Å². The van der Waals surface area contributed by atoms with Crippen LogP contribution < -0.4 is 5.32 Å². The first-order valence-corrected chi connectivity index (χ1v) is 6.81. The lowest BCUT2D eigenvalue weighted by atomic mass is 9.97. The Morgan fingerprint density at radius 2 is 1.90 bits per heavy atom. The van der Waals surface area contributed by atoms with Crippen molar-refractivity contribution in [2.24, 2.45) is 0 Å². The lowest BCUT2D eigenvalue weighted by molar-refractivity contribution is -0.114. The lowest BCUT2D eigenvalue weighted by Crippen LogP contribution is -2.17. The zero-order valence-electron chi connectivity index (χ0n) is 11.8. The molecule has 3 rings (SSSR count). The van der Waals surface area contributed by atoms with Crippen LogP contribution in [0.25, 0.3) is 0 Å². The van der Waals surface area contributed by atoms with Gasteiger partial charge in [-0.25, -0.2) is 0 Å². The van der Waals surface area contributed by atoms with Gasteiger partial charge >= 0.3 is 0 Å². The molecule has 0 saturated carbocycles. The van der Waals surface area contributed by atoms with Crippen LogP contribution in [0.15, 0.2) is 48.5 Å². The van der Waals surface area contributed by atoms with Crippen LogP contribution in [0.1, 0.15) is 29.7 Å². The molecule has 0 spiro atoms. The van der Waals surface area contributed by atoms with E-state index in [1.54, 1.807) is 6.92 Å². The molecule has 1 unspecified atom stereocenters. The fourth-order valence-corrected chi connectivity index (χ4v) is 2.99. The van der Waals surface area contributed by atoms with Crippen LogP contribution in [0.2, 0.25) is 0 Å². The first kappa shape index (κ1) is 12.9. The third-order valence-electron chi connectivity index (χ3n) is 3.78. The van der Waals surface area contributed by atoms with Crippen molar-refractivity contribution in [1.29, 1.82) is 0 Å². The van der Waals surface area contributed by atoms with Gasteiger partial charge in [-0.3, -0.25) is 9.69 Å². The molecule has 1 aliphatic heterocycles. The van der Waals surface area contributed by atoms with Crippen molar-refractivity contribution in [1.82, 2.24) is 4.90 Å². The number of carbonyl (C=O) groups excluding carboxylic acids is 1. The Morgan fingerprint density at radius 1 is 1.15 bits per heavy atom. The molecular weight excluding hydrogens is 248 g/mol. The average Bonchev–Trinajstić information content (AvgIpc) is 2.76. The van der Waals surface area contributed by atoms with Crippen LogP contribution in [0.5, 0.6) is 0 Å². The number of hydrogen-bond donors (Lipinski definition) is 1. The number of hydrogen-bond acceptors (Lipinski definition) is 2. The maximum Gasteiger partial charge on any atom is 0.221 e. The molecule has 20 heavy (non-hydrogen) atoms. The van der Waals surface area contributed by atoms with Crippen molar-refractivity contribution in [3.05, 3.63) is 65.2 Å². The van der Waals surface area contributed by atoms with Gasteiger partial charge in [0.05, 0.1) is 6.04 Å². The van der Waals surface area contributed by atoms with Gasteiger partial charge in [0.2, 0.25) is 5.91 Å². The molecule has 0 aliphatic carbocycles. The summed E-state index contributed by atoms with van der Waals surface area (Å²) in [6.07, 6.45) is 0. The quantitative estimate of drug-likeness (QED) is 0.905. The Morgan fingerprint density at radius 3 is 2.60 bits per heavy atom. The number of nitrogens with one attached hydrogen (secondary N) is 1. The zero-order chi connectivity index (χ0) is 14.1. The Kier molecular flexibility index (Phi) is 3.28. The van der Waals surface area contributed by atoms with Gasteiger partial charge in [-0.05, 0) is 29.8 Å². The predicted octanol–water partition coefficient (Wildman–Crippen LogP) is 3.18. The summed E-state index contributed by atoms with van der Waals surface area (Å²) in [5, 5.41) is 2.93. The smallest absolute Gasteiger partial charge is 0.221 e. The molecule has 0 aromatic heterocycles. The van der Waals surface area contributed by atoms with Gasteiger partial charge in [-0.1, -0.05) is 42.5 Å². The van der Waals surface area contributed by atoms with Crippen LogP contribution in [-0.2, 0) is 11.3 Å². The fourth-order valence-electron chi connectivity index (χ4n) is 2.99. The molecule has 2 aromatic rings. The molecule has 0 fully saturated rings. The monoisotopic (exact) mass is 266 g/mol. The average molecular weight is 266 g/mol. The van der Waals surface area contributed by atoms with E-state index in [2.05, 4.69) is 47.6 Å². The molecule has 0 saturated heterocycles. The van der Waals surface area contributed by atoms with Crippen molar-refractivity contribution in [2.45, 2.75) is 19.5 Å². The molecule has 1 N–H and O–H groups in total. The standard InChI is InChI=1S/C17H18N2O/c1-12(20)18-16-10-6-9-14-15(16)11-19(2)17(14)13-7-4-3-5-8-13/h3-10,17H,11H2,1-2H3,(H,18,20). The van der Waals surface area contributed by atoms with Crippen LogP contribution in [0.3, 0.4) is 0 Å². The van der Waals surface area contributed by atoms with Crippen LogP contribution in [0, 0.1) is 0 Å². The predicted molar refractivity (Wildman–Crippen MR) is 80.5 cm³/mol. The summed E-state index contributed by atoms with van der Waals surface area (Å²) < 4.78 is 0. The van der Waals surface area contributed by atoms with E-state index in [0.29, 0.717) is 0 Å². The van der Waals surface area contributed by atoms with Crippen molar-refractivity contribution in [3.63, 3.8) is 0 Å². The molecule has 1 heterocycles. The summed E-state index contributed by atoms with van der Waals surface area (Å²) in [5.41, 5.74) is 4.72. The van der Waals surface area contributed by atoms with Gasteiger partial charge in [0.25, 0.3) is 0 Å². The second-order valence-corrected chi connectivity index (χ2v) is 5.28. The normalized spacial score (nSPS) is 17.8. The number of amides is 1. The fraction of sp³-hybridized carbons (Fsp3) is 0.235. The van der Waals surface area contributed by atoms with Crippen LogP contribution in [-0.4, -0.2) is 17.9 Å². The highest BCUT2D eigenvalue weighted by Gasteiger charge is 2.30. The largest absolute Gasteiger partial charge is 0.326 e. The van der Waals surface area contributed by atoms with E-state index in [1.807, 2.05) is 18.2 Å². The minimum atomic E-state index is -0.0239. The van der Waals surface area contributed by atoms with Crippen LogP contribution in [0.4, 0.5) is 5.69 Å². The zero-order valence-corrected chi connectivity index (χ0v) is 11.8. The molecule has 3 heteroatoms. The number of fused-ring (bicyclic) bond motifs is 1. The Labute approximate surface area is 119 Å². The van der Waals surface area contributed by atoms with E-state index in [-0.39, 0.29) is 11.9 Å². The highest BCUT2D eigenvalue weighted by molar-refractivity contribution is 5.90. The number of carbonyl (C=O) groups is 1. The van der Waals surface area contributed by atoms with Gasteiger partial charge in [0.1, 0.15) is 0 Å². The molecule has 3 nitrogen and oxygen atoms in total. The Hall–Kier alpha value is -2.13. The van der Waals surface area contributed by atoms with Gasteiger partial charge < -0.3 is 5.32 Å². The highest BCUT2D eigenvalue weighted by atomic mass is 16.1. The molecule has 1 aliphatic rings. The maximum absolute atomic E-state index is 11.3. The van der Waals surface area contributed by atoms with E-state index in [4.69, 9.17) is 0 Å². The van der Waals surface area contributed by atoms with Gasteiger partial charge in [0, 0.05) is 19.2 Å². The third kappa shape index (κ3) is 2.21. The number of rotatable bonds is 2. The summed E-state index contributed by atoms with van der Waals surface area (Å²) in [6, 6.07) is 16.9. The summed E-state index contributed by atoms with van der Waals surface area (Å²) >= 11 is 0. The third-order valence-corrected chi connectivity index (χ3v) is 3.78. The van der Waals surface area contributed by atoms with Crippen molar-refractivity contribution in [3.8, 4) is 0 Å². The molecule has 1 amide bonds. The second-order valence-electron chi connectivity index (χ2n) is 5.28. The molecule has 2 aromatic carbocycles. The molecule has 0 radical (unpaired) electrons. The maximum atomic E-state index is 11.3. The first-order chi connectivity index (χ1) is 9.66. The second kappa shape index (κ2) is 5.10.